The molecule has 0 saturated heterocycles. The smallest absolute Gasteiger partial charge is 0.284 e. The molecule has 29 heavy (non-hydrogen) atoms. The molecule has 5 rings (SSSR count). The molecule has 1 atom stereocenters. The van der Waals surface area contributed by atoms with E-state index in [0.717, 1.165) is 15.5 Å². The number of thiophene rings is 2. The van der Waals surface area contributed by atoms with E-state index >= 15 is 0 Å². The SMILES string of the molecule is O=C(CSc1nnc(-c2ccco2)o1)N1N=C(c2cccs2)C[C@H]1c1cccs1. The van der Waals surface area contributed by atoms with Gasteiger partial charge < -0.3 is 8.83 Å². The van der Waals surface area contributed by atoms with E-state index in [2.05, 4.69) is 15.3 Å². The summed E-state index contributed by atoms with van der Waals surface area (Å²) in [6.07, 6.45) is 2.25. The van der Waals surface area contributed by atoms with E-state index in [9.17, 15) is 4.79 Å². The first-order valence-electron chi connectivity index (χ1n) is 8.75. The van der Waals surface area contributed by atoms with Crippen LogP contribution in [0, 0.1) is 0 Å². The van der Waals surface area contributed by atoms with Crippen LogP contribution < -0.4 is 0 Å². The molecule has 4 aromatic rings. The summed E-state index contributed by atoms with van der Waals surface area (Å²) in [6, 6.07) is 11.5. The Bertz CT molecular complexity index is 1120. The molecule has 0 unspecified atom stereocenters. The molecule has 10 heteroatoms. The second kappa shape index (κ2) is 7.97. The fraction of sp³-hybridized carbons (Fsp3) is 0.158. The molecule has 7 nitrogen and oxygen atoms in total. The molecule has 0 aliphatic carbocycles. The van der Waals surface area contributed by atoms with Crippen LogP contribution in [-0.4, -0.2) is 32.6 Å². The lowest BCUT2D eigenvalue weighted by molar-refractivity contribution is -0.130. The zero-order valence-electron chi connectivity index (χ0n) is 14.9. The topological polar surface area (TPSA) is 84.7 Å². The van der Waals surface area contributed by atoms with Gasteiger partial charge in [-0.25, -0.2) is 5.01 Å². The van der Waals surface area contributed by atoms with E-state index in [4.69, 9.17) is 8.83 Å². The molecule has 1 amide bonds. The Hall–Kier alpha value is -2.69. The van der Waals surface area contributed by atoms with Gasteiger partial charge in [0.1, 0.15) is 0 Å². The van der Waals surface area contributed by atoms with Crippen molar-refractivity contribution in [1.82, 2.24) is 15.2 Å². The van der Waals surface area contributed by atoms with Gasteiger partial charge in [-0.05, 0) is 35.0 Å². The minimum Gasteiger partial charge on any atom is -0.459 e. The maximum absolute atomic E-state index is 13.0. The molecular formula is C19H14N4O3S3. The summed E-state index contributed by atoms with van der Waals surface area (Å²) >= 11 is 4.46. The molecule has 0 radical (unpaired) electrons. The van der Waals surface area contributed by atoms with Gasteiger partial charge in [0.25, 0.3) is 17.0 Å². The zero-order valence-corrected chi connectivity index (χ0v) is 17.4. The molecular weight excluding hydrogens is 428 g/mol. The standard InChI is InChI=1S/C19H14N4O3S3/c24-17(11-29-19-21-20-18(26-19)14-4-1-7-25-14)23-13(16-6-3-9-28-16)10-12(22-23)15-5-2-8-27-15/h1-9,13H,10-11H2/t13-/m0/s1. The summed E-state index contributed by atoms with van der Waals surface area (Å²) in [5.41, 5.74) is 0.939. The normalized spacial score (nSPS) is 16.3. The van der Waals surface area contributed by atoms with Gasteiger partial charge in [0.05, 0.1) is 28.6 Å². The van der Waals surface area contributed by atoms with Gasteiger partial charge in [-0.15, -0.1) is 32.9 Å². The van der Waals surface area contributed by atoms with Crippen molar-refractivity contribution in [2.45, 2.75) is 17.7 Å². The summed E-state index contributed by atoms with van der Waals surface area (Å²) in [4.78, 5) is 15.2. The number of furan rings is 1. The molecule has 0 N–H and O–H groups in total. The first-order chi connectivity index (χ1) is 14.3. The van der Waals surface area contributed by atoms with E-state index in [-0.39, 0.29) is 17.7 Å². The fourth-order valence-corrected chi connectivity index (χ4v) is 5.14. The Morgan fingerprint density at radius 1 is 1.17 bits per heavy atom. The van der Waals surface area contributed by atoms with Crippen molar-refractivity contribution in [3.8, 4) is 11.7 Å². The van der Waals surface area contributed by atoms with Gasteiger partial charge in [-0.1, -0.05) is 23.9 Å². The van der Waals surface area contributed by atoms with Crippen molar-refractivity contribution < 1.29 is 13.6 Å². The Labute approximate surface area is 178 Å². The fourth-order valence-electron chi connectivity index (χ4n) is 2.99. The summed E-state index contributed by atoms with van der Waals surface area (Å²) in [7, 11) is 0. The summed E-state index contributed by atoms with van der Waals surface area (Å²) in [5.74, 6) is 0.847. The molecule has 0 spiro atoms. The van der Waals surface area contributed by atoms with Crippen LogP contribution in [0.15, 0.2) is 72.6 Å². The van der Waals surface area contributed by atoms with E-state index < -0.39 is 0 Å². The van der Waals surface area contributed by atoms with Crippen molar-refractivity contribution in [2.75, 3.05) is 5.75 Å². The lowest BCUT2D eigenvalue weighted by Gasteiger charge is -2.20. The molecule has 1 aliphatic rings. The Balaban J connectivity index is 1.31. The highest BCUT2D eigenvalue weighted by Crippen LogP contribution is 2.36. The predicted molar refractivity (Wildman–Crippen MR) is 112 cm³/mol. The average molecular weight is 443 g/mol. The van der Waals surface area contributed by atoms with Gasteiger partial charge in [-0.2, -0.15) is 5.10 Å². The van der Waals surface area contributed by atoms with Crippen LogP contribution in [0.5, 0.6) is 0 Å². The van der Waals surface area contributed by atoms with Gasteiger partial charge in [0, 0.05) is 11.3 Å². The highest BCUT2D eigenvalue weighted by Gasteiger charge is 2.34. The lowest BCUT2D eigenvalue weighted by Crippen LogP contribution is -2.28. The van der Waals surface area contributed by atoms with Crippen molar-refractivity contribution in [2.24, 2.45) is 5.10 Å². The van der Waals surface area contributed by atoms with E-state index in [1.165, 1.54) is 18.0 Å². The minimum atomic E-state index is -0.0993. The van der Waals surface area contributed by atoms with Crippen LogP contribution in [0.25, 0.3) is 11.7 Å². The lowest BCUT2D eigenvalue weighted by atomic mass is 10.1. The van der Waals surface area contributed by atoms with Gasteiger partial charge >= 0.3 is 0 Å². The van der Waals surface area contributed by atoms with Gasteiger partial charge in [-0.3, -0.25) is 4.79 Å². The van der Waals surface area contributed by atoms with Crippen LogP contribution in [0.3, 0.4) is 0 Å². The number of amides is 1. The number of aromatic nitrogens is 2. The second-order valence-electron chi connectivity index (χ2n) is 6.14. The second-order valence-corrected chi connectivity index (χ2v) is 8.99. The number of rotatable bonds is 6. The Morgan fingerprint density at radius 3 is 2.83 bits per heavy atom. The first-order valence-corrected chi connectivity index (χ1v) is 11.5. The van der Waals surface area contributed by atoms with E-state index in [1.807, 2.05) is 35.0 Å². The predicted octanol–water partition coefficient (Wildman–Crippen LogP) is 4.92. The molecule has 1 aliphatic heterocycles. The van der Waals surface area contributed by atoms with Gasteiger partial charge in [0.15, 0.2) is 5.76 Å². The summed E-state index contributed by atoms with van der Waals surface area (Å²) < 4.78 is 10.8. The van der Waals surface area contributed by atoms with Gasteiger partial charge in [0.2, 0.25) is 0 Å². The Morgan fingerprint density at radius 2 is 2.07 bits per heavy atom. The monoisotopic (exact) mass is 442 g/mol. The van der Waals surface area contributed by atoms with Crippen LogP contribution in [0.2, 0.25) is 0 Å². The van der Waals surface area contributed by atoms with Crippen LogP contribution in [0.4, 0.5) is 0 Å². The quantitative estimate of drug-likeness (QED) is 0.394. The zero-order chi connectivity index (χ0) is 19.6. The number of carbonyl (C=O) groups is 1. The average Bonchev–Trinajstić information content (AvgIpc) is 3.56. The molecule has 0 aromatic carbocycles. The molecule has 0 saturated carbocycles. The van der Waals surface area contributed by atoms with Crippen molar-refractivity contribution in [1.29, 1.82) is 0 Å². The third kappa shape index (κ3) is 3.78. The first kappa shape index (κ1) is 18.3. The number of hydrogen-bond acceptors (Lipinski definition) is 9. The summed E-state index contributed by atoms with van der Waals surface area (Å²) in [5, 5.41) is 18.5. The third-order valence-corrected chi connectivity index (χ3v) is 7.00. The number of thioether (sulfide) groups is 1. The van der Waals surface area contributed by atoms with Crippen molar-refractivity contribution in [3.63, 3.8) is 0 Å². The van der Waals surface area contributed by atoms with Crippen molar-refractivity contribution >= 4 is 46.1 Å². The molecule has 4 aromatic heterocycles. The maximum Gasteiger partial charge on any atom is 0.284 e. The van der Waals surface area contributed by atoms with Crippen LogP contribution in [0.1, 0.15) is 22.2 Å². The maximum atomic E-state index is 13.0. The van der Waals surface area contributed by atoms with E-state index in [0.29, 0.717) is 23.3 Å². The highest BCUT2D eigenvalue weighted by atomic mass is 32.2. The molecule has 5 heterocycles. The number of hydrogen-bond donors (Lipinski definition) is 0. The Kier molecular flexibility index (Phi) is 5.04. The number of nitrogens with zero attached hydrogens (tertiary/aromatic N) is 4. The number of carbonyl (C=O) groups excluding carboxylic acids is 1. The van der Waals surface area contributed by atoms with E-state index in [1.54, 1.807) is 39.8 Å². The van der Waals surface area contributed by atoms with Crippen molar-refractivity contribution in [3.05, 3.63) is 63.2 Å². The minimum absolute atomic E-state index is 0.0819. The largest absolute Gasteiger partial charge is 0.459 e. The highest BCUT2D eigenvalue weighted by molar-refractivity contribution is 7.99. The van der Waals surface area contributed by atoms with Crippen LogP contribution >= 0.6 is 34.4 Å². The number of hydrazone groups is 1. The molecule has 146 valence electrons. The summed E-state index contributed by atoms with van der Waals surface area (Å²) in [6.45, 7) is 0. The molecule has 0 bridgehead atoms. The third-order valence-electron chi connectivity index (χ3n) is 4.30. The molecule has 0 fully saturated rings. The van der Waals surface area contributed by atoms with Crippen LogP contribution in [-0.2, 0) is 4.79 Å².